The molecule has 1 fully saturated rings. The molecule has 0 unspecified atom stereocenters. The van der Waals surface area contributed by atoms with Gasteiger partial charge in [-0.25, -0.2) is 0 Å². The van der Waals surface area contributed by atoms with Gasteiger partial charge in [0.15, 0.2) is 11.2 Å². The molecular formula is C8H7NO3. The number of carbonyl (C=O) groups is 2. The maximum Gasteiger partial charge on any atom is 0.250 e. The number of imide groups is 1. The minimum absolute atomic E-state index is 0.183. The van der Waals surface area contributed by atoms with Gasteiger partial charge in [-0.3, -0.25) is 14.9 Å². The minimum Gasteiger partial charge on any atom is -0.457 e. The Balaban J connectivity index is 2.09. The molecule has 1 N–H and O–H groups in total. The zero-order valence-corrected chi connectivity index (χ0v) is 6.35. The van der Waals surface area contributed by atoms with Crippen LogP contribution in [0.3, 0.4) is 0 Å². The van der Waals surface area contributed by atoms with Crippen molar-refractivity contribution in [1.29, 1.82) is 0 Å². The molecule has 0 atom stereocenters. The second kappa shape index (κ2) is 1.55. The Morgan fingerprint density at radius 2 is 2.08 bits per heavy atom. The largest absolute Gasteiger partial charge is 0.457 e. The number of rotatable bonds is 0. The van der Waals surface area contributed by atoms with E-state index in [9.17, 15) is 9.59 Å². The first-order valence-corrected chi connectivity index (χ1v) is 4.02. The van der Waals surface area contributed by atoms with Gasteiger partial charge in [0.25, 0.3) is 0 Å². The van der Waals surface area contributed by atoms with Crippen molar-refractivity contribution in [2.75, 3.05) is 0 Å². The number of allylic oxidation sites excluding steroid dienone is 1. The lowest BCUT2D eigenvalue weighted by molar-refractivity contribution is -0.156. The van der Waals surface area contributed by atoms with Gasteiger partial charge in [0.05, 0.1) is 0 Å². The van der Waals surface area contributed by atoms with Gasteiger partial charge in [0.1, 0.15) is 5.76 Å². The van der Waals surface area contributed by atoms with Crippen molar-refractivity contribution >= 4 is 11.8 Å². The number of amides is 2. The number of carbonyl (C=O) groups excluding carboxylic acids is 2. The first-order valence-electron chi connectivity index (χ1n) is 4.02. The van der Waals surface area contributed by atoms with Crippen LogP contribution in [0.4, 0.5) is 0 Å². The van der Waals surface area contributed by atoms with E-state index in [0.29, 0.717) is 12.2 Å². The van der Waals surface area contributed by atoms with Crippen molar-refractivity contribution in [3.63, 3.8) is 0 Å². The molecular weight excluding hydrogens is 158 g/mol. The van der Waals surface area contributed by atoms with E-state index in [2.05, 4.69) is 5.32 Å². The Morgan fingerprint density at radius 3 is 2.67 bits per heavy atom. The Labute approximate surface area is 68.6 Å². The third-order valence-electron chi connectivity index (χ3n) is 2.78. The smallest absolute Gasteiger partial charge is 0.250 e. The molecule has 0 saturated carbocycles. The molecule has 0 radical (unpaired) electrons. The summed E-state index contributed by atoms with van der Waals surface area (Å²) in [5.74, 6) is 1.14. The van der Waals surface area contributed by atoms with Gasteiger partial charge in [-0.15, -0.1) is 0 Å². The third-order valence-corrected chi connectivity index (χ3v) is 2.78. The van der Waals surface area contributed by atoms with E-state index < -0.39 is 5.41 Å². The summed E-state index contributed by atoms with van der Waals surface area (Å²) >= 11 is 0. The molecule has 12 heavy (non-hydrogen) atoms. The molecule has 0 aromatic carbocycles. The maximum absolute atomic E-state index is 11.2. The standard InChI is InChI=1S/C8H7NO3/c10-6-8(7(11)9-6)3-1-2-4-5(8)12-4/h1-3H2,(H,9,10,11). The lowest BCUT2D eigenvalue weighted by atomic mass is 9.72. The molecule has 3 rings (SSSR count). The molecule has 0 aromatic heterocycles. The van der Waals surface area contributed by atoms with Crippen LogP contribution < -0.4 is 5.32 Å². The van der Waals surface area contributed by atoms with E-state index in [1.54, 1.807) is 0 Å². The van der Waals surface area contributed by atoms with Gasteiger partial charge >= 0.3 is 0 Å². The number of hydrogen-bond donors (Lipinski definition) is 1. The Morgan fingerprint density at radius 1 is 1.33 bits per heavy atom. The zero-order chi connectivity index (χ0) is 8.34. The van der Waals surface area contributed by atoms with E-state index in [4.69, 9.17) is 4.74 Å². The quantitative estimate of drug-likeness (QED) is 0.407. The van der Waals surface area contributed by atoms with Crippen LogP contribution in [0.2, 0.25) is 0 Å². The Hall–Kier alpha value is -1.32. The molecule has 0 aromatic rings. The Bertz CT molecular complexity index is 328. The zero-order valence-electron chi connectivity index (χ0n) is 6.35. The normalized spacial score (nSPS) is 29.0. The minimum atomic E-state index is -0.881. The molecule has 2 amide bonds. The molecule has 3 aliphatic rings. The lowest BCUT2D eigenvalue weighted by Crippen LogP contribution is -2.64. The van der Waals surface area contributed by atoms with Crippen LogP contribution in [0.1, 0.15) is 19.3 Å². The number of ether oxygens (including phenoxy) is 1. The summed E-state index contributed by atoms with van der Waals surface area (Å²) in [4.78, 5) is 22.4. The summed E-state index contributed by atoms with van der Waals surface area (Å²) in [5, 5.41) is 2.23. The predicted octanol–water partition coefficient (Wildman–Crippen LogP) is 0.0549. The highest BCUT2D eigenvalue weighted by Crippen LogP contribution is 2.54. The summed E-state index contributed by atoms with van der Waals surface area (Å²) < 4.78 is 5.13. The van der Waals surface area contributed by atoms with Crippen LogP contribution in [0, 0.1) is 5.41 Å². The fraction of sp³-hybridized carbons (Fsp3) is 0.500. The number of β-lactam (4-membered cyclic amide) rings is 2. The van der Waals surface area contributed by atoms with Gasteiger partial charge < -0.3 is 4.74 Å². The molecule has 1 aliphatic carbocycles. The van der Waals surface area contributed by atoms with Gasteiger partial charge in [-0.2, -0.15) is 0 Å². The highest BCUT2D eigenvalue weighted by Gasteiger charge is 2.65. The second-order valence-electron chi connectivity index (χ2n) is 3.40. The molecule has 1 spiro atoms. The fourth-order valence-electron chi connectivity index (χ4n) is 2.01. The van der Waals surface area contributed by atoms with Gasteiger partial charge in [-0.1, -0.05) is 0 Å². The van der Waals surface area contributed by atoms with Crippen LogP contribution in [0.15, 0.2) is 11.5 Å². The van der Waals surface area contributed by atoms with Crippen LogP contribution in [-0.4, -0.2) is 11.8 Å². The molecule has 2 aliphatic heterocycles. The van der Waals surface area contributed by atoms with Crippen molar-refractivity contribution in [2.24, 2.45) is 5.41 Å². The van der Waals surface area contributed by atoms with Crippen LogP contribution >= 0.6 is 0 Å². The monoisotopic (exact) mass is 165 g/mol. The summed E-state index contributed by atoms with van der Waals surface area (Å²) in [6.07, 6.45) is 2.38. The predicted molar refractivity (Wildman–Crippen MR) is 37.5 cm³/mol. The highest BCUT2D eigenvalue weighted by molar-refractivity contribution is 6.24. The van der Waals surface area contributed by atoms with Crippen molar-refractivity contribution in [3.05, 3.63) is 11.5 Å². The summed E-state index contributed by atoms with van der Waals surface area (Å²) in [7, 11) is 0. The average molecular weight is 165 g/mol. The second-order valence-corrected chi connectivity index (χ2v) is 3.40. The molecule has 1 saturated heterocycles. The van der Waals surface area contributed by atoms with E-state index in [1.807, 2.05) is 0 Å². The maximum atomic E-state index is 11.2. The third kappa shape index (κ3) is 0.451. The molecule has 0 bridgehead atoms. The SMILES string of the molecule is O=C1NC(=O)C12CCCC1=C2O1. The highest BCUT2D eigenvalue weighted by atomic mass is 16.6. The Kier molecular flexibility index (Phi) is 0.805. The topological polar surface area (TPSA) is 58.7 Å². The molecule has 62 valence electrons. The first-order chi connectivity index (χ1) is 5.75. The summed E-state index contributed by atoms with van der Waals surface area (Å²) in [6, 6.07) is 0. The van der Waals surface area contributed by atoms with Crippen LogP contribution in [-0.2, 0) is 14.3 Å². The van der Waals surface area contributed by atoms with E-state index in [1.165, 1.54) is 0 Å². The van der Waals surface area contributed by atoms with Crippen molar-refractivity contribution < 1.29 is 14.3 Å². The number of fused-ring (bicyclic) bond motifs is 1. The van der Waals surface area contributed by atoms with E-state index in [0.717, 1.165) is 18.6 Å². The van der Waals surface area contributed by atoms with E-state index in [-0.39, 0.29) is 11.8 Å². The van der Waals surface area contributed by atoms with Gasteiger partial charge in [0, 0.05) is 6.42 Å². The van der Waals surface area contributed by atoms with Crippen LogP contribution in [0.25, 0.3) is 0 Å². The first kappa shape index (κ1) is 6.22. The average Bonchev–Trinajstić information content (AvgIpc) is 2.82. The van der Waals surface area contributed by atoms with Crippen molar-refractivity contribution in [3.8, 4) is 0 Å². The van der Waals surface area contributed by atoms with Gasteiger partial charge in [0.2, 0.25) is 11.8 Å². The van der Waals surface area contributed by atoms with Crippen LogP contribution in [0.5, 0.6) is 0 Å². The molecule has 4 heteroatoms. The molecule has 2 heterocycles. The van der Waals surface area contributed by atoms with Crippen molar-refractivity contribution in [2.45, 2.75) is 19.3 Å². The molecule has 4 nitrogen and oxygen atoms in total. The lowest BCUT2D eigenvalue weighted by Gasteiger charge is -2.35. The van der Waals surface area contributed by atoms with Gasteiger partial charge in [-0.05, 0) is 12.8 Å². The number of nitrogens with one attached hydrogen (secondary N) is 1. The fourth-order valence-corrected chi connectivity index (χ4v) is 2.01. The summed E-state index contributed by atoms with van der Waals surface area (Å²) in [6.45, 7) is 0. The summed E-state index contributed by atoms with van der Waals surface area (Å²) in [5.41, 5.74) is -0.881. The number of hydrogen-bond acceptors (Lipinski definition) is 3. The van der Waals surface area contributed by atoms with E-state index >= 15 is 0 Å². The van der Waals surface area contributed by atoms with Crippen molar-refractivity contribution in [1.82, 2.24) is 5.32 Å².